The van der Waals surface area contributed by atoms with Crippen molar-refractivity contribution in [3.8, 4) is 0 Å². The molecule has 4 nitrogen and oxygen atoms in total. The molecule has 38 heavy (non-hydrogen) atoms. The van der Waals surface area contributed by atoms with E-state index in [4.69, 9.17) is 4.74 Å². The van der Waals surface area contributed by atoms with Crippen LogP contribution in [0.5, 0.6) is 0 Å². The smallest absolute Gasteiger partial charge is 0.306 e. The van der Waals surface area contributed by atoms with Crippen LogP contribution in [-0.4, -0.2) is 18.0 Å². The molecule has 0 amide bonds. The van der Waals surface area contributed by atoms with E-state index in [1.54, 1.807) is 0 Å². The van der Waals surface area contributed by atoms with Gasteiger partial charge in [0.1, 0.15) is 6.10 Å². The van der Waals surface area contributed by atoms with Gasteiger partial charge >= 0.3 is 5.97 Å². The van der Waals surface area contributed by atoms with Crippen LogP contribution in [-0.2, 0) is 14.3 Å². The Morgan fingerprint density at radius 3 is 1.45 bits per heavy atom. The predicted octanol–water partition coefficient (Wildman–Crippen LogP) is 9.78. The number of allylic oxidation sites excluding steroid dienone is 2. The zero-order valence-electron chi connectivity index (χ0n) is 25.5. The quantitative estimate of drug-likeness (QED) is 0.0521. The Hall–Kier alpha value is -1.32. The minimum Gasteiger partial charge on any atom is -0.550 e. The number of carbonyl (C=O) groups excluding carboxylic acids is 2. The first-order valence-electron chi connectivity index (χ1n) is 16.6. The van der Waals surface area contributed by atoms with Crippen molar-refractivity contribution < 1.29 is 19.4 Å². The summed E-state index contributed by atoms with van der Waals surface area (Å²) in [6, 6.07) is 0. The summed E-state index contributed by atoms with van der Waals surface area (Å²) in [5.41, 5.74) is 0. The molecule has 0 aromatic rings. The highest BCUT2D eigenvalue weighted by Crippen LogP contribution is 2.18. The number of unbranched alkanes of at least 4 members (excludes halogenated alkanes) is 19. The van der Waals surface area contributed by atoms with E-state index in [1.165, 1.54) is 96.3 Å². The lowest BCUT2D eigenvalue weighted by atomic mass is 10.0. The summed E-state index contributed by atoms with van der Waals surface area (Å²) in [7, 11) is 0. The van der Waals surface area contributed by atoms with Gasteiger partial charge in [-0.05, 0) is 70.6 Å². The fourth-order valence-electron chi connectivity index (χ4n) is 4.99. The third-order valence-corrected chi connectivity index (χ3v) is 7.48. The van der Waals surface area contributed by atoms with E-state index in [0.29, 0.717) is 12.8 Å². The lowest BCUT2D eigenvalue weighted by Gasteiger charge is -2.18. The molecule has 0 fully saturated rings. The number of carboxylic acids is 1. The van der Waals surface area contributed by atoms with E-state index in [2.05, 4.69) is 26.0 Å². The molecule has 0 aliphatic heterocycles. The van der Waals surface area contributed by atoms with Crippen LogP contribution in [0.4, 0.5) is 0 Å². The van der Waals surface area contributed by atoms with Gasteiger partial charge in [-0.2, -0.15) is 0 Å². The van der Waals surface area contributed by atoms with E-state index in [0.717, 1.165) is 57.8 Å². The molecule has 0 aliphatic carbocycles. The number of ether oxygens (including phenoxy) is 1. The number of carboxylic acid groups (broad SMARTS) is 1. The molecule has 0 aliphatic rings. The number of carbonyl (C=O) groups is 2. The van der Waals surface area contributed by atoms with Gasteiger partial charge in [0.05, 0.1) is 0 Å². The number of rotatable bonds is 30. The van der Waals surface area contributed by atoms with Crippen molar-refractivity contribution in [2.24, 2.45) is 0 Å². The molecule has 1 atom stereocenters. The predicted molar refractivity (Wildman–Crippen MR) is 160 cm³/mol. The second kappa shape index (κ2) is 30.2. The highest BCUT2D eigenvalue weighted by Gasteiger charge is 2.14. The summed E-state index contributed by atoms with van der Waals surface area (Å²) >= 11 is 0. The first-order valence-corrected chi connectivity index (χ1v) is 16.6. The molecule has 0 N–H and O–H groups in total. The minimum atomic E-state index is -0.952. The van der Waals surface area contributed by atoms with Crippen LogP contribution in [0.15, 0.2) is 12.2 Å². The summed E-state index contributed by atoms with van der Waals surface area (Å²) in [5.74, 6) is -0.967. The molecule has 4 heteroatoms. The van der Waals surface area contributed by atoms with E-state index in [9.17, 15) is 14.7 Å². The second-order valence-corrected chi connectivity index (χ2v) is 11.3. The summed E-state index contributed by atoms with van der Waals surface area (Å²) in [6.07, 6.45) is 34.6. The zero-order chi connectivity index (χ0) is 27.9. The van der Waals surface area contributed by atoms with Crippen LogP contribution in [0, 0.1) is 0 Å². The van der Waals surface area contributed by atoms with Gasteiger partial charge in [0, 0.05) is 12.4 Å². The Morgan fingerprint density at radius 2 is 0.947 bits per heavy atom. The van der Waals surface area contributed by atoms with Gasteiger partial charge in [-0.25, -0.2) is 0 Å². The maximum Gasteiger partial charge on any atom is 0.306 e. The Bertz CT molecular complexity index is 543. The van der Waals surface area contributed by atoms with Gasteiger partial charge in [0.15, 0.2) is 0 Å². The summed E-state index contributed by atoms with van der Waals surface area (Å²) in [5, 5.41) is 10.5. The van der Waals surface area contributed by atoms with Crippen LogP contribution in [0.1, 0.15) is 187 Å². The van der Waals surface area contributed by atoms with Gasteiger partial charge in [-0.3, -0.25) is 4.79 Å². The lowest BCUT2D eigenvalue weighted by molar-refractivity contribution is -0.305. The first-order chi connectivity index (χ1) is 18.6. The molecule has 0 aromatic carbocycles. The van der Waals surface area contributed by atoms with Crippen molar-refractivity contribution in [2.45, 2.75) is 193 Å². The molecule has 0 saturated carbocycles. The van der Waals surface area contributed by atoms with E-state index in [-0.39, 0.29) is 18.5 Å². The average Bonchev–Trinajstić information content (AvgIpc) is 2.89. The largest absolute Gasteiger partial charge is 0.550 e. The molecule has 0 rings (SSSR count). The standard InChI is InChI=1S/C34H64O4/c1-3-5-7-9-11-12-13-14-15-16-18-23-27-31-34(37)38-32(28-24-20-17-10-8-6-4-2)29-25-21-19-22-26-30-33(35)36/h12-13,32H,3-11,14-31H2,1-2H3,(H,35,36)/p-1/b13-12-. The molecule has 0 aromatic heterocycles. The maximum absolute atomic E-state index is 12.5. The zero-order valence-corrected chi connectivity index (χ0v) is 25.5. The molecule has 0 spiro atoms. The molecule has 0 bridgehead atoms. The van der Waals surface area contributed by atoms with E-state index < -0.39 is 5.97 Å². The third kappa shape index (κ3) is 29.2. The number of aliphatic carboxylic acids is 1. The third-order valence-electron chi connectivity index (χ3n) is 7.48. The lowest BCUT2D eigenvalue weighted by Crippen LogP contribution is -2.21. The van der Waals surface area contributed by atoms with Crippen molar-refractivity contribution in [1.82, 2.24) is 0 Å². The normalized spacial score (nSPS) is 12.3. The molecule has 0 radical (unpaired) electrons. The fourth-order valence-corrected chi connectivity index (χ4v) is 4.99. The van der Waals surface area contributed by atoms with Crippen LogP contribution in [0.2, 0.25) is 0 Å². The van der Waals surface area contributed by atoms with Crippen LogP contribution in [0.3, 0.4) is 0 Å². The van der Waals surface area contributed by atoms with Gasteiger partial charge in [0.2, 0.25) is 0 Å². The van der Waals surface area contributed by atoms with Crippen LogP contribution >= 0.6 is 0 Å². The van der Waals surface area contributed by atoms with Gasteiger partial charge in [0.25, 0.3) is 0 Å². The fraction of sp³-hybridized carbons (Fsp3) is 0.882. The van der Waals surface area contributed by atoms with Gasteiger partial charge < -0.3 is 14.6 Å². The van der Waals surface area contributed by atoms with Crippen LogP contribution in [0.25, 0.3) is 0 Å². The molecular formula is C34H63O4-. The summed E-state index contributed by atoms with van der Waals surface area (Å²) < 4.78 is 5.93. The van der Waals surface area contributed by atoms with Crippen molar-refractivity contribution >= 4 is 11.9 Å². The molecule has 1 unspecified atom stereocenters. The van der Waals surface area contributed by atoms with E-state index >= 15 is 0 Å². The Kier molecular flexibility index (Phi) is 29.2. The van der Waals surface area contributed by atoms with Crippen LogP contribution < -0.4 is 5.11 Å². The summed E-state index contributed by atoms with van der Waals surface area (Å²) in [4.78, 5) is 23.0. The molecule has 224 valence electrons. The topological polar surface area (TPSA) is 66.4 Å². The van der Waals surface area contributed by atoms with Crippen molar-refractivity contribution in [3.05, 3.63) is 12.2 Å². The average molecular weight is 536 g/mol. The minimum absolute atomic E-state index is 0.0158. The monoisotopic (exact) mass is 535 g/mol. The van der Waals surface area contributed by atoms with Crippen molar-refractivity contribution in [2.75, 3.05) is 0 Å². The molecule has 0 heterocycles. The highest BCUT2D eigenvalue weighted by molar-refractivity contribution is 5.69. The van der Waals surface area contributed by atoms with Gasteiger partial charge in [-0.15, -0.1) is 0 Å². The van der Waals surface area contributed by atoms with Crippen molar-refractivity contribution in [1.29, 1.82) is 0 Å². The second-order valence-electron chi connectivity index (χ2n) is 11.3. The maximum atomic E-state index is 12.5. The van der Waals surface area contributed by atoms with E-state index in [1.807, 2.05) is 0 Å². The Balaban J connectivity index is 3.99. The summed E-state index contributed by atoms with van der Waals surface area (Å²) in [6.45, 7) is 4.50. The molecular weight excluding hydrogens is 472 g/mol. The Labute approximate surface area is 236 Å². The first kappa shape index (κ1) is 36.7. The van der Waals surface area contributed by atoms with Crippen molar-refractivity contribution in [3.63, 3.8) is 0 Å². The highest BCUT2D eigenvalue weighted by atomic mass is 16.5. The number of esters is 1. The van der Waals surface area contributed by atoms with Gasteiger partial charge in [-0.1, -0.05) is 122 Å². The SMILES string of the molecule is CCCCCC/C=C\CCCCCCCC(=O)OC(CCCCCCCCC)CCCCCCCC(=O)[O-]. The number of hydrogen-bond donors (Lipinski definition) is 0. The Morgan fingerprint density at radius 1 is 0.553 bits per heavy atom. The number of hydrogen-bond acceptors (Lipinski definition) is 4. The molecule has 0 saturated heterocycles.